The number of hydrogen-bond donors (Lipinski definition) is 1. The molecule has 6 nitrogen and oxygen atoms in total. The van der Waals surface area contributed by atoms with Crippen molar-refractivity contribution in [3.05, 3.63) is 40.9 Å². The summed E-state index contributed by atoms with van der Waals surface area (Å²) in [5.74, 6) is 1.01. The van der Waals surface area contributed by atoms with Crippen molar-refractivity contribution in [1.82, 2.24) is 9.97 Å². The van der Waals surface area contributed by atoms with Crippen molar-refractivity contribution >= 4 is 54.1 Å². The topological polar surface area (TPSA) is 73.3 Å². The molecule has 4 aromatic rings. The van der Waals surface area contributed by atoms with E-state index in [4.69, 9.17) is 9.47 Å². The van der Waals surface area contributed by atoms with E-state index in [2.05, 4.69) is 15.3 Å². The largest absolute Gasteiger partial charge is 0.454 e. The second-order valence-corrected chi connectivity index (χ2v) is 7.74. The molecule has 0 radical (unpaired) electrons. The van der Waals surface area contributed by atoms with E-state index in [-0.39, 0.29) is 12.7 Å². The first kappa shape index (κ1) is 14.6. The Morgan fingerprint density at radius 2 is 1.80 bits per heavy atom. The molecule has 0 unspecified atom stereocenters. The molecule has 3 heterocycles. The van der Waals surface area contributed by atoms with E-state index in [1.807, 2.05) is 19.1 Å². The molecule has 25 heavy (non-hydrogen) atoms. The van der Waals surface area contributed by atoms with Crippen LogP contribution < -0.4 is 14.8 Å². The highest BCUT2D eigenvalue weighted by molar-refractivity contribution is 7.28. The minimum atomic E-state index is -0.228. The fourth-order valence-corrected chi connectivity index (χ4v) is 4.75. The second kappa shape index (κ2) is 5.40. The van der Waals surface area contributed by atoms with E-state index >= 15 is 0 Å². The number of carbonyl (C=O) groups excluding carboxylic acids is 1. The number of nitrogens with zero attached hydrogens (tertiary/aromatic N) is 2. The van der Waals surface area contributed by atoms with Crippen molar-refractivity contribution in [3.8, 4) is 11.5 Å². The summed E-state index contributed by atoms with van der Waals surface area (Å²) >= 11 is 3.10. The van der Waals surface area contributed by atoms with Gasteiger partial charge in [0.05, 0.1) is 25.4 Å². The molecule has 0 spiro atoms. The molecule has 0 atom stereocenters. The number of ether oxygens (including phenoxy) is 2. The zero-order chi connectivity index (χ0) is 17.0. The molecule has 0 fully saturated rings. The quantitative estimate of drug-likeness (QED) is 0.573. The first-order valence-corrected chi connectivity index (χ1v) is 9.18. The number of thiazole rings is 2. The highest BCUT2D eigenvalue weighted by atomic mass is 32.1. The number of anilines is 1. The molecule has 2 aromatic heterocycles. The molecule has 0 saturated carbocycles. The normalized spacial score (nSPS) is 12.8. The van der Waals surface area contributed by atoms with Gasteiger partial charge in [0.1, 0.15) is 0 Å². The SMILES string of the molecule is Cc1nc2ccc3nc(NC(=O)c4ccc5c(c4)OCO5)sc3c2s1. The zero-order valence-corrected chi connectivity index (χ0v) is 14.7. The van der Waals surface area contributed by atoms with Crippen LogP contribution in [-0.2, 0) is 0 Å². The van der Waals surface area contributed by atoms with Crippen LogP contribution in [-0.4, -0.2) is 22.7 Å². The lowest BCUT2D eigenvalue weighted by Crippen LogP contribution is -2.11. The van der Waals surface area contributed by atoms with Crippen LogP contribution in [0.5, 0.6) is 11.5 Å². The fourth-order valence-electron chi connectivity index (χ4n) is 2.74. The Bertz CT molecular complexity index is 1150. The molecule has 2 aromatic carbocycles. The first-order valence-electron chi connectivity index (χ1n) is 7.55. The Kier molecular flexibility index (Phi) is 3.16. The van der Waals surface area contributed by atoms with E-state index in [9.17, 15) is 4.79 Å². The van der Waals surface area contributed by atoms with Crippen LogP contribution in [0.3, 0.4) is 0 Å². The Morgan fingerprint density at radius 3 is 2.68 bits per heavy atom. The van der Waals surface area contributed by atoms with Crippen molar-refractivity contribution in [3.63, 3.8) is 0 Å². The highest BCUT2D eigenvalue weighted by Crippen LogP contribution is 2.36. The molecule has 1 aliphatic rings. The third-order valence-corrected chi connectivity index (χ3v) is 6.01. The molecule has 0 aliphatic carbocycles. The Hall–Kier alpha value is -2.71. The van der Waals surface area contributed by atoms with Crippen LogP contribution in [0.1, 0.15) is 15.4 Å². The summed E-state index contributed by atoms with van der Waals surface area (Å²) in [6.45, 7) is 2.17. The zero-order valence-electron chi connectivity index (χ0n) is 13.0. The van der Waals surface area contributed by atoms with Gasteiger partial charge in [-0.1, -0.05) is 11.3 Å². The maximum absolute atomic E-state index is 12.5. The van der Waals surface area contributed by atoms with E-state index < -0.39 is 0 Å². The summed E-state index contributed by atoms with van der Waals surface area (Å²) < 4.78 is 12.7. The monoisotopic (exact) mass is 369 g/mol. The van der Waals surface area contributed by atoms with Gasteiger partial charge in [0.25, 0.3) is 5.91 Å². The minimum absolute atomic E-state index is 0.183. The molecule has 5 rings (SSSR count). The highest BCUT2D eigenvalue weighted by Gasteiger charge is 2.18. The van der Waals surface area contributed by atoms with Crippen molar-refractivity contribution < 1.29 is 14.3 Å². The molecular formula is C17H11N3O3S2. The van der Waals surface area contributed by atoms with E-state index in [1.165, 1.54) is 11.3 Å². The third-order valence-electron chi connectivity index (χ3n) is 3.87. The molecule has 0 bridgehead atoms. The predicted molar refractivity (Wildman–Crippen MR) is 98.1 cm³/mol. The van der Waals surface area contributed by atoms with Gasteiger partial charge in [0.2, 0.25) is 6.79 Å². The Labute approximate surface area is 150 Å². The van der Waals surface area contributed by atoms with Crippen LogP contribution in [0.15, 0.2) is 30.3 Å². The molecule has 124 valence electrons. The molecule has 1 aliphatic heterocycles. The maximum atomic E-state index is 12.5. The van der Waals surface area contributed by atoms with Gasteiger partial charge in [0.15, 0.2) is 16.6 Å². The Balaban J connectivity index is 1.49. The van der Waals surface area contributed by atoms with E-state index in [1.54, 1.807) is 29.5 Å². The number of nitrogens with one attached hydrogen (secondary N) is 1. The average Bonchev–Trinajstić information content (AvgIpc) is 3.29. The molecule has 1 N–H and O–H groups in total. The number of benzene rings is 2. The van der Waals surface area contributed by atoms with Crippen molar-refractivity contribution in [1.29, 1.82) is 0 Å². The predicted octanol–water partition coefficient (Wildman–Crippen LogP) is 4.20. The standard InChI is InChI=1S/C17H11N3O3S2/c1-8-18-10-3-4-11-15(14(10)24-8)25-17(19-11)20-16(21)9-2-5-12-13(6-9)23-7-22-12/h2-6H,7H2,1H3,(H,19,20,21). The van der Waals surface area contributed by atoms with E-state index in [0.29, 0.717) is 22.2 Å². The van der Waals surface area contributed by atoms with Crippen LogP contribution in [0.2, 0.25) is 0 Å². The lowest BCUT2D eigenvalue weighted by atomic mass is 10.2. The van der Waals surface area contributed by atoms with Gasteiger partial charge in [-0.15, -0.1) is 11.3 Å². The van der Waals surface area contributed by atoms with Crippen LogP contribution >= 0.6 is 22.7 Å². The molecule has 8 heteroatoms. The molecular weight excluding hydrogens is 358 g/mol. The number of hydrogen-bond acceptors (Lipinski definition) is 7. The second-order valence-electron chi connectivity index (χ2n) is 5.54. The fraction of sp³-hybridized carbons (Fsp3) is 0.118. The number of fused-ring (bicyclic) bond motifs is 4. The van der Waals surface area contributed by atoms with Gasteiger partial charge in [-0.25, -0.2) is 9.97 Å². The van der Waals surface area contributed by atoms with E-state index in [0.717, 1.165) is 25.4 Å². The number of carbonyl (C=O) groups is 1. The average molecular weight is 369 g/mol. The van der Waals surface area contributed by atoms with Crippen LogP contribution in [0.4, 0.5) is 5.13 Å². The maximum Gasteiger partial charge on any atom is 0.257 e. The number of aromatic nitrogens is 2. The summed E-state index contributed by atoms with van der Waals surface area (Å²) in [6.07, 6.45) is 0. The first-order chi connectivity index (χ1) is 12.2. The number of rotatable bonds is 2. The van der Waals surface area contributed by atoms with Gasteiger partial charge >= 0.3 is 0 Å². The lowest BCUT2D eigenvalue weighted by Gasteiger charge is -2.02. The third kappa shape index (κ3) is 2.41. The van der Waals surface area contributed by atoms with Crippen molar-refractivity contribution in [2.75, 3.05) is 12.1 Å². The summed E-state index contributed by atoms with van der Waals surface area (Å²) in [4.78, 5) is 21.5. The smallest absolute Gasteiger partial charge is 0.257 e. The summed E-state index contributed by atoms with van der Waals surface area (Å²) in [7, 11) is 0. The Morgan fingerprint density at radius 1 is 1.04 bits per heavy atom. The van der Waals surface area contributed by atoms with Gasteiger partial charge < -0.3 is 9.47 Å². The van der Waals surface area contributed by atoms with Gasteiger partial charge in [0, 0.05) is 5.56 Å². The van der Waals surface area contributed by atoms with Crippen molar-refractivity contribution in [2.45, 2.75) is 6.92 Å². The van der Waals surface area contributed by atoms with Gasteiger partial charge in [-0.2, -0.15) is 0 Å². The summed E-state index contributed by atoms with van der Waals surface area (Å²) in [6, 6.07) is 9.02. The lowest BCUT2D eigenvalue weighted by molar-refractivity contribution is 0.102. The summed E-state index contributed by atoms with van der Waals surface area (Å²) in [5, 5.41) is 4.45. The van der Waals surface area contributed by atoms with Gasteiger partial charge in [-0.3, -0.25) is 10.1 Å². The van der Waals surface area contributed by atoms with Crippen LogP contribution in [0, 0.1) is 6.92 Å². The van der Waals surface area contributed by atoms with Gasteiger partial charge in [-0.05, 0) is 37.3 Å². The van der Waals surface area contributed by atoms with Crippen molar-refractivity contribution in [2.24, 2.45) is 0 Å². The minimum Gasteiger partial charge on any atom is -0.454 e. The molecule has 0 saturated heterocycles. The number of aryl methyl sites for hydroxylation is 1. The number of amides is 1. The summed E-state index contributed by atoms with van der Waals surface area (Å²) in [5.41, 5.74) is 2.33. The molecule has 1 amide bonds. The van der Waals surface area contributed by atoms with Crippen LogP contribution in [0.25, 0.3) is 20.4 Å².